The molecule has 2 rings (SSSR count). The van der Waals surface area contributed by atoms with E-state index in [9.17, 15) is 9.59 Å². The summed E-state index contributed by atoms with van der Waals surface area (Å²) < 4.78 is 0. The van der Waals surface area contributed by atoms with E-state index in [0.29, 0.717) is 6.04 Å². The number of carbonyl (C=O) groups excluding carboxylic acids is 2. The second kappa shape index (κ2) is 5.93. The Labute approximate surface area is 115 Å². The molecule has 2 aliphatic rings. The summed E-state index contributed by atoms with van der Waals surface area (Å²) in [4.78, 5) is 26.4. The van der Waals surface area contributed by atoms with Crippen LogP contribution in [0.3, 0.4) is 0 Å². The van der Waals surface area contributed by atoms with Crippen LogP contribution in [0.4, 0.5) is 0 Å². The maximum atomic E-state index is 12.5. The van der Waals surface area contributed by atoms with E-state index in [-0.39, 0.29) is 29.7 Å². The summed E-state index contributed by atoms with van der Waals surface area (Å²) in [5.41, 5.74) is 0. The fourth-order valence-corrected chi connectivity index (χ4v) is 3.08. The van der Waals surface area contributed by atoms with Gasteiger partial charge in [0.25, 0.3) is 0 Å². The number of rotatable bonds is 4. The zero-order valence-electron chi connectivity index (χ0n) is 12.3. The minimum Gasteiger partial charge on any atom is -0.354 e. The van der Waals surface area contributed by atoms with Gasteiger partial charge < -0.3 is 10.2 Å². The van der Waals surface area contributed by atoms with E-state index in [0.717, 1.165) is 32.2 Å². The number of hydrogen-bond donors (Lipinski definition) is 1. The van der Waals surface area contributed by atoms with Gasteiger partial charge in [0.05, 0.1) is 11.8 Å². The van der Waals surface area contributed by atoms with Gasteiger partial charge in [0, 0.05) is 18.6 Å². The highest BCUT2D eigenvalue weighted by Crippen LogP contribution is 2.41. The van der Waals surface area contributed by atoms with Crippen molar-refractivity contribution in [2.24, 2.45) is 11.8 Å². The molecule has 2 amide bonds. The summed E-state index contributed by atoms with van der Waals surface area (Å²) in [6.07, 6.45) is 5.23. The molecular weight excluding hydrogens is 240 g/mol. The van der Waals surface area contributed by atoms with E-state index < -0.39 is 0 Å². The first-order chi connectivity index (χ1) is 9.04. The predicted octanol–water partition coefficient (Wildman–Crippen LogP) is 1.94. The molecule has 1 aliphatic heterocycles. The van der Waals surface area contributed by atoms with Gasteiger partial charge in [0.2, 0.25) is 11.8 Å². The number of amides is 2. The molecule has 1 saturated heterocycles. The van der Waals surface area contributed by atoms with Crippen molar-refractivity contribution in [2.45, 2.75) is 65.0 Å². The van der Waals surface area contributed by atoms with E-state index in [1.807, 2.05) is 18.7 Å². The van der Waals surface area contributed by atoms with Crippen LogP contribution < -0.4 is 5.32 Å². The van der Waals surface area contributed by atoms with Crippen LogP contribution in [0, 0.1) is 11.8 Å². The number of carbonyl (C=O) groups is 2. The number of hydrogen-bond acceptors (Lipinski definition) is 2. The van der Waals surface area contributed by atoms with Crippen molar-refractivity contribution in [3.63, 3.8) is 0 Å². The van der Waals surface area contributed by atoms with Gasteiger partial charge in [0.1, 0.15) is 0 Å². The van der Waals surface area contributed by atoms with Crippen LogP contribution in [-0.2, 0) is 9.59 Å². The molecule has 3 unspecified atom stereocenters. The minimum atomic E-state index is -0.0747. The smallest absolute Gasteiger partial charge is 0.226 e. The summed E-state index contributed by atoms with van der Waals surface area (Å²) >= 11 is 0. The molecule has 0 spiro atoms. The van der Waals surface area contributed by atoms with E-state index >= 15 is 0 Å². The standard InChI is InChI=1S/C15H26N2O2/c1-4-11-7-5-6-8-17(11)15(19)13-9-12(13)14(18)16-10(2)3/h10-13H,4-9H2,1-3H3,(H,16,18). The third-order valence-electron chi connectivity index (χ3n) is 4.26. The molecule has 1 heterocycles. The molecule has 0 radical (unpaired) electrons. The van der Waals surface area contributed by atoms with Crippen LogP contribution in [-0.4, -0.2) is 35.3 Å². The average Bonchev–Trinajstić information content (AvgIpc) is 3.17. The highest BCUT2D eigenvalue weighted by molar-refractivity contribution is 5.92. The zero-order valence-corrected chi connectivity index (χ0v) is 12.3. The average molecular weight is 266 g/mol. The maximum Gasteiger partial charge on any atom is 0.226 e. The number of nitrogens with zero attached hydrogens (tertiary/aromatic N) is 1. The van der Waals surface area contributed by atoms with Crippen molar-refractivity contribution < 1.29 is 9.59 Å². The fourth-order valence-electron chi connectivity index (χ4n) is 3.08. The topological polar surface area (TPSA) is 49.4 Å². The lowest BCUT2D eigenvalue weighted by atomic mass is 9.99. The molecule has 19 heavy (non-hydrogen) atoms. The fraction of sp³-hybridized carbons (Fsp3) is 0.867. The van der Waals surface area contributed by atoms with Gasteiger partial charge >= 0.3 is 0 Å². The second-order valence-electron chi connectivity index (χ2n) is 6.20. The van der Waals surface area contributed by atoms with Gasteiger partial charge in [-0.05, 0) is 46.0 Å². The summed E-state index contributed by atoms with van der Waals surface area (Å²) in [6, 6.07) is 0.554. The molecule has 1 saturated carbocycles. The van der Waals surface area contributed by atoms with Crippen molar-refractivity contribution in [3.8, 4) is 0 Å². The van der Waals surface area contributed by atoms with Crippen LogP contribution in [0.25, 0.3) is 0 Å². The van der Waals surface area contributed by atoms with Gasteiger partial charge in [-0.2, -0.15) is 0 Å². The molecule has 0 aromatic carbocycles. The third kappa shape index (κ3) is 3.28. The van der Waals surface area contributed by atoms with Crippen LogP contribution in [0.5, 0.6) is 0 Å². The van der Waals surface area contributed by atoms with E-state index in [1.54, 1.807) is 0 Å². The molecule has 108 valence electrons. The summed E-state index contributed by atoms with van der Waals surface area (Å²) in [5, 5.41) is 2.91. The van der Waals surface area contributed by atoms with Crippen LogP contribution in [0.1, 0.15) is 52.9 Å². The van der Waals surface area contributed by atoms with Crippen LogP contribution >= 0.6 is 0 Å². The van der Waals surface area contributed by atoms with Gasteiger partial charge in [-0.1, -0.05) is 6.92 Å². The Hall–Kier alpha value is -1.06. The molecule has 0 aromatic rings. The Bertz CT molecular complexity index is 354. The monoisotopic (exact) mass is 266 g/mol. The molecule has 0 bridgehead atoms. The molecule has 1 N–H and O–H groups in total. The van der Waals surface area contributed by atoms with Gasteiger partial charge in [-0.15, -0.1) is 0 Å². The van der Waals surface area contributed by atoms with Crippen LogP contribution in [0.2, 0.25) is 0 Å². The van der Waals surface area contributed by atoms with E-state index in [4.69, 9.17) is 0 Å². The summed E-state index contributed by atoms with van der Waals surface area (Å²) in [5.74, 6) is 0.147. The normalized spacial score (nSPS) is 30.3. The number of nitrogens with one attached hydrogen (secondary N) is 1. The highest BCUT2D eigenvalue weighted by atomic mass is 16.2. The Morgan fingerprint density at radius 1 is 1.26 bits per heavy atom. The second-order valence-corrected chi connectivity index (χ2v) is 6.20. The van der Waals surface area contributed by atoms with E-state index in [2.05, 4.69) is 12.2 Å². The Balaban J connectivity index is 1.89. The first kappa shape index (κ1) is 14.4. The van der Waals surface area contributed by atoms with E-state index in [1.165, 1.54) is 6.42 Å². The summed E-state index contributed by atoms with van der Waals surface area (Å²) in [6.45, 7) is 6.93. The molecule has 2 fully saturated rings. The lowest BCUT2D eigenvalue weighted by Crippen LogP contribution is -2.45. The Morgan fingerprint density at radius 3 is 2.63 bits per heavy atom. The molecule has 1 aliphatic carbocycles. The highest BCUT2D eigenvalue weighted by Gasteiger charge is 2.50. The van der Waals surface area contributed by atoms with Crippen molar-refractivity contribution in [1.29, 1.82) is 0 Å². The maximum absolute atomic E-state index is 12.5. The minimum absolute atomic E-state index is 0.0501. The largest absolute Gasteiger partial charge is 0.354 e. The third-order valence-corrected chi connectivity index (χ3v) is 4.26. The molecule has 0 aromatic heterocycles. The lowest BCUT2D eigenvalue weighted by molar-refractivity contribution is -0.138. The number of piperidine rings is 1. The molecule has 3 atom stereocenters. The van der Waals surface area contributed by atoms with Crippen LogP contribution in [0.15, 0.2) is 0 Å². The van der Waals surface area contributed by atoms with Crippen molar-refractivity contribution in [3.05, 3.63) is 0 Å². The van der Waals surface area contributed by atoms with Gasteiger partial charge in [-0.3, -0.25) is 9.59 Å². The Kier molecular flexibility index (Phi) is 4.48. The Morgan fingerprint density at radius 2 is 2.00 bits per heavy atom. The van der Waals surface area contributed by atoms with Crippen molar-refractivity contribution >= 4 is 11.8 Å². The van der Waals surface area contributed by atoms with Gasteiger partial charge in [-0.25, -0.2) is 0 Å². The van der Waals surface area contributed by atoms with Gasteiger partial charge in [0.15, 0.2) is 0 Å². The molecule has 4 heteroatoms. The first-order valence-corrected chi connectivity index (χ1v) is 7.65. The quantitative estimate of drug-likeness (QED) is 0.845. The lowest BCUT2D eigenvalue weighted by Gasteiger charge is -2.35. The summed E-state index contributed by atoms with van der Waals surface area (Å²) in [7, 11) is 0. The first-order valence-electron chi connectivity index (χ1n) is 7.65. The predicted molar refractivity (Wildman–Crippen MR) is 74.5 cm³/mol. The molecular formula is C15H26N2O2. The van der Waals surface area contributed by atoms with Crippen molar-refractivity contribution in [1.82, 2.24) is 10.2 Å². The zero-order chi connectivity index (χ0) is 14.0. The van der Waals surface area contributed by atoms with Crippen molar-refractivity contribution in [2.75, 3.05) is 6.54 Å². The molecule has 4 nitrogen and oxygen atoms in total. The SMILES string of the molecule is CCC1CCCCN1C(=O)C1CC1C(=O)NC(C)C. The number of likely N-dealkylation sites (tertiary alicyclic amines) is 1.